The largest absolute Gasteiger partial charge is 0.383 e. The number of methoxy groups -OCH3 is 1. The van der Waals surface area contributed by atoms with E-state index in [1.807, 2.05) is 6.07 Å². The van der Waals surface area contributed by atoms with Crippen LogP contribution in [-0.2, 0) is 10.3 Å². The SMILES string of the molecule is COCCNc1ncc(N2CCC[C@](c3ccccc3)(N(C)C)CCNC2=O)cn1. The Balaban J connectivity index is 1.74. The molecule has 0 spiro atoms. The van der Waals surface area contributed by atoms with Crippen molar-refractivity contribution in [2.45, 2.75) is 24.8 Å². The fourth-order valence-electron chi connectivity index (χ4n) is 4.03. The van der Waals surface area contributed by atoms with Crippen molar-refractivity contribution in [3.05, 3.63) is 48.3 Å². The van der Waals surface area contributed by atoms with E-state index in [9.17, 15) is 4.79 Å². The first kappa shape index (κ1) is 22.0. The summed E-state index contributed by atoms with van der Waals surface area (Å²) in [6, 6.07) is 10.5. The van der Waals surface area contributed by atoms with Gasteiger partial charge in [0.25, 0.3) is 0 Å². The molecule has 0 unspecified atom stereocenters. The van der Waals surface area contributed by atoms with E-state index in [2.05, 4.69) is 63.9 Å². The van der Waals surface area contributed by atoms with Gasteiger partial charge in [0.2, 0.25) is 5.95 Å². The maximum atomic E-state index is 12.8. The molecule has 30 heavy (non-hydrogen) atoms. The first-order valence-electron chi connectivity index (χ1n) is 10.4. The van der Waals surface area contributed by atoms with Crippen LogP contribution in [0.15, 0.2) is 42.7 Å². The van der Waals surface area contributed by atoms with E-state index in [1.165, 1.54) is 5.56 Å². The molecular formula is C22H32N6O2. The fourth-order valence-corrected chi connectivity index (χ4v) is 4.03. The highest BCUT2D eigenvalue weighted by Gasteiger charge is 2.35. The number of anilines is 2. The minimum Gasteiger partial charge on any atom is -0.383 e. The van der Waals surface area contributed by atoms with Gasteiger partial charge in [0.15, 0.2) is 0 Å². The van der Waals surface area contributed by atoms with Crippen LogP contribution < -0.4 is 15.5 Å². The van der Waals surface area contributed by atoms with Crippen LogP contribution in [0.1, 0.15) is 24.8 Å². The van der Waals surface area contributed by atoms with Gasteiger partial charge in [-0.05, 0) is 38.9 Å². The van der Waals surface area contributed by atoms with Crippen molar-refractivity contribution in [2.24, 2.45) is 0 Å². The molecule has 2 heterocycles. The van der Waals surface area contributed by atoms with Crippen molar-refractivity contribution in [3.8, 4) is 0 Å². The Morgan fingerprint density at radius 3 is 2.60 bits per heavy atom. The van der Waals surface area contributed by atoms with E-state index in [1.54, 1.807) is 24.4 Å². The molecule has 162 valence electrons. The number of urea groups is 1. The van der Waals surface area contributed by atoms with Gasteiger partial charge in [0, 0.05) is 32.3 Å². The second-order valence-electron chi connectivity index (χ2n) is 7.71. The highest BCUT2D eigenvalue weighted by atomic mass is 16.5. The lowest BCUT2D eigenvalue weighted by Gasteiger charge is -2.41. The number of ether oxygens (including phenoxy) is 1. The second-order valence-corrected chi connectivity index (χ2v) is 7.71. The van der Waals surface area contributed by atoms with Crippen molar-refractivity contribution < 1.29 is 9.53 Å². The molecule has 0 aliphatic carbocycles. The summed E-state index contributed by atoms with van der Waals surface area (Å²) in [6.07, 6.45) is 6.05. The van der Waals surface area contributed by atoms with E-state index >= 15 is 0 Å². The zero-order valence-electron chi connectivity index (χ0n) is 18.1. The van der Waals surface area contributed by atoms with E-state index in [4.69, 9.17) is 4.74 Å². The molecule has 0 bridgehead atoms. The molecule has 2 N–H and O–H groups in total. The number of nitrogens with zero attached hydrogens (tertiary/aromatic N) is 4. The van der Waals surface area contributed by atoms with Gasteiger partial charge in [-0.1, -0.05) is 30.3 Å². The molecule has 0 radical (unpaired) electrons. The van der Waals surface area contributed by atoms with Crippen molar-refractivity contribution in [2.75, 3.05) is 57.7 Å². The molecule has 2 aromatic rings. The third-order valence-electron chi connectivity index (χ3n) is 5.74. The van der Waals surface area contributed by atoms with Crippen LogP contribution in [0.4, 0.5) is 16.4 Å². The number of hydrogen-bond donors (Lipinski definition) is 2. The number of amides is 2. The topological polar surface area (TPSA) is 82.6 Å². The maximum absolute atomic E-state index is 12.8. The average Bonchev–Trinajstić information content (AvgIpc) is 2.84. The molecule has 1 fully saturated rings. The summed E-state index contributed by atoms with van der Waals surface area (Å²) in [7, 11) is 5.89. The van der Waals surface area contributed by atoms with Crippen molar-refractivity contribution >= 4 is 17.7 Å². The summed E-state index contributed by atoms with van der Waals surface area (Å²) < 4.78 is 5.02. The molecule has 2 amide bonds. The normalized spacial score (nSPS) is 20.3. The van der Waals surface area contributed by atoms with Crippen LogP contribution in [0.25, 0.3) is 0 Å². The molecule has 8 heteroatoms. The summed E-state index contributed by atoms with van der Waals surface area (Å²) in [5, 5.41) is 6.17. The lowest BCUT2D eigenvalue weighted by molar-refractivity contribution is 0.126. The summed E-state index contributed by atoms with van der Waals surface area (Å²) in [5.41, 5.74) is 1.87. The Morgan fingerprint density at radius 1 is 1.20 bits per heavy atom. The van der Waals surface area contributed by atoms with Crippen molar-refractivity contribution in [3.63, 3.8) is 0 Å². The Kier molecular flexibility index (Phi) is 7.59. The lowest BCUT2D eigenvalue weighted by Crippen LogP contribution is -2.44. The zero-order valence-corrected chi connectivity index (χ0v) is 18.1. The summed E-state index contributed by atoms with van der Waals surface area (Å²) in [4.78, 5) is 25.5. The summed E-state index contributed by atoms with van der Waals surface area (Å²) >= 11 is 0. The molecule has 0 saturated carbocycles. The number of carbonyl (C=O) groups excluding carboxylic acids is 1. The van der Waals surface area contributed by atoms with Crippen LogP contribution in [-0.4, -0.2) is 68.3 Å². The summed E-state index contributed by atoms with van der Waals surface area (Å²) in [5.74, 6) is 0.524. The van der Waals surface area contributed by atoms with Crippen molar-refractivity contribution in [1.82, 2.24) is 20.2 Å². The highest BCUT2D eigenvalue weighted by molar-refractivity contribution is 5.91. The van der Waals surface area contributed by atoms with Gasteiger partial charge in [-0.25, -0.2) is 14.8 Å². The van der Waals surface area contributed by atoms with Gasteiger partial charge in [-0.15, -0.1) is 0 Å². The Morgan fingerprint density at radius 2 is 1.93 bits per heavy atom. The first-order valence-corrected chi connectivity index (χ1v) is 10.4. The Labute approximate surface area is 178 Å². The summed E-state index contributed by atoms with van der Waals surface area (Å²) in [6.45, 7) is 2.41. The number of rotatable bonds is 7. The number of nitrogens with one attached hydrogen (secondary N) is 2. The average molecular weight is 413 g/mol. The molecule has 1 aliphatic rings. The van der Waals surface area contributed by atoms with Gasteiger partial charge in [-0.3, -0.25) is 9.80 Å². The van der Waals surface area contributed by atoms with Crippen LogP contribution >= 0.6 is 0 Å². The molecule has 1 saturated heterocycles. The van der Waals surface area contributed by atoms with Crippen LogP contribution in [0.5, 0.6) is 0 Å². The van der Waals surface area contributed by atoms with E-state index in [0.717, 1.165) is 19.3 Å². The Bertz CT molecular complexity index is 799. The Hall–Kier alpha value is -2.71. The van der Waals surface area contributed by atoms with Gasteiger partial charge >= 0.3 is 6.03 Å². The predicted octanol–water partition coefficient (Wildman–Crippen LogP) is 2.69. The van der Waals surface area contributed by atoms with Crippen LogP contribution in [0.3, 0.4) is 0 Å². The molecule has 8 nitrogen and oxygen atoms in total. The van der Waals surface area contributed by atoms with Gasteiger partial charge in [-0.2, -0.15) is 0 Å². The number of hydrogen-bond acceptors (Lipinski definition) is 6. The highest BCUT2D eigenvalue weighted by Crippen LogP contribution is 2.35. The lowest BCUT2D eigenvalue weighted by atomic mass is 9.81. The zero-order chi connectivity index (χ0) is 21.4. The van der Waals surface area contributed by atoms with Crippen molar-refractivity contribution in [1.29, 1.82) is 0 Å². The maximum Gasteiger partial charge on any atom is 0.321 e. The van der Waals surface area contributed by atoms with Crippen LogP contribution in [0.2, 0.25) is 0 Å². The number of benzene rings is 1. The van der Waals surface area contributed by atoms with Crippen LogP contribution in [0, 0.1) is 0 Å². The third kappa shape index (κ3) is 5.06. The smallest absolute Gasteiger partial charge is 0.321 e. The number of carbonyl (C=O) groups is 1. The van der Waals surface area contributed by atoms with E-state index in [0.29, 0.717) is 37.9 Å². The minimum absolute atomic E-state index is 0.110. The third-order valence-corrected chi connectivity index (χ3v) is 5.74. The molecule has 1 atom stereocenters. The second kappa shape index (κ2) is 10.4. The van der Waals surface area contributed by atoms with Gasteiger partial charge in [0.1, 0.15) is 0 Å². The quantitative estimate of drug-likeness (QED) is 0.681. The molecule has 3 rings (SSSR count). The molecule has 1 aromatic heterocycles. The monoisotopic (exact) mass is 412 g/mol. The van der Waals surface area contributed by atoms with Gasteiger partial charge < -0.3 is 15.4 Å². The molecular weight excluding hydrogens is 380 g/mol. The van der Waals surface area contributed by atoms with Gasteiger partial charge in [0.05, 0.1) is 24.7 Å². The molecule has 1 aromatic carbocycles. The predicted molar refractivity (Wildman–Crippen MR) is 119 cm³/mol. The number of aromatic nitrogens is 2. The fraction of sp³-hybridized carbons (Fsp3) is 0.500. The minimum atomic E-state index is -0.115. The van der Waals surface area contributed by atoms with E-state index < -0.39 is 0 Å². The molecule has 1 aliphatic heterocycles. The first-order chi connectivity index (χ1) is 14.6. The van der Waals surface area contributed by atoms with E-state index in [-0.39, 0.29) is 11.6 Å². The standard InChI is InChI=1S/C22H32N6O2/c1-27(2)22(18-8-5-4-6-9-18)10-7-14-28(21(29)24-12-11-22)19-16-25-20(26-17-19)23-13-15-30-3/h4-6,8-9,16-17H,7,10-15H2,1-3H3,(H,24,29)(H,23,25,26)/t22-/m0/s1.